The van der Waals surface area contributed by atoms with E-state index in [-0.39, 0.29) is 6.10 Å². The minimum Gasteiger partial charge on any atom is -0.393 e. The van der Waals surface area contributed by atoms with Gasteiger partial charge in [-0.3, -0.25) is 4.79 Å². The number of carbonyl (C=O) groups excluding carboxylic acids is 2. The van der Waals surface area contributed by atoms with Crippen LogP contribution in [0, 0.1) is 0 Å². The Morgan fingerprint density at radius 1 is 0.489 bits per heavy atom. The van der Waals surface area contributed by atoms with E-state index >= 15 is 0 Å². The van der Waals surface area contributed by atoms with Gasteiger partial charge in [-0.05, 0) is 58.7 Å². The summed E-state index contributed by atoms with van der Waals surface area (Å²) in [4.78, 5) is 22.5. The largest absolute Gasteiger partial charge is 0.393 e. The van der Waals surface area contributed by atoms with Gasteiger partial charge in [-0.25, -0.2) is 0 Å². The molecule has 1 N–H and O–H groups in total. The summed E-state index contributed by atoms with van der Waals surface area (Å²) in [6.07, 6.45) is 45.4. The topological polar surface area (TPSA) is 57.6 Å². The van der Waals surface area contributed by atoms with Gasteiger partial charge in [-0.2, -0.15) is 0 Å². The molecule has 4 nitrogen and oxygen atoms in total. The fourth-order valence-electron chi connectivity index (χ4n) is 6.76. The van der Waals surface area contributed by atoms with Crippen molar-refractivity contribution in [3.63, 3.8) is 0 Å². The van der Waals surface area contributed by atoms with Crippen molar-refractivity contribution in [3.05, 3.63) is 0 Å². The van der Waals surface area contributed by atoms with Gasteiger partial charge in [-0.15, -0.1) is 0 Å². The quantitative estimate of drug-likeness (QED) is 0.104. The van der Waals surface area contributed by atoms with E-state index < -0.39 is 0 Å². The van der Waals surface area contributed by atoms with E-state index in [1.807, 2.05) is 6.79 Å². The van der Waals surface area contributed by atoms with Gasteiger partial charge in [0.15, 0.2) is 0 Å². The molecule has 1 fully saturated rings. The molecule has 0 bridgehead atoms. The molecule has 0 amide bonds. The molecule has 0 saturated heterocycles. The third kappa shape index (κ3) is 43.2. The Hall–Kier alpha value is -0.740. The van der Waals surface area contributed by atoms with Crippen LogP contribution in [-0.2, 0) is 9.59 Å². The van der Waals surface area contributed by atoms with Gasteiger partial charge in [0.1, 0.15) is 12.6 Å². The van der Waals surface area contributed by atoms with Gasteiger partial charge in [0.05, 0.1) is 6.10 Å². The van der Waals surface area contributed by atoms with Gasteiger partial charge < -0.3 is 14.8 Å². The Labute approximate surface area is 296 Å². The zero-order chi connectivity index (χ0) is 34.9. The van der Waals surface area contributed by atoms with Crippen molar-refractivity contribution in [1.82, 2.24) is 4.90 Å². The molecule has 282 valence electrons. The van der Waals surface area contributed by atoms with E-state index in [4.69, 9.17) is 4.79 Å². The highest BCUT2D eigenvalue weighted by molar-refractivity contribution is 5.78. The fraction of sp³-hybridized carbons (Fsp3) is 0.953. The molecule has 0 unspecified atom stereocenters. The first-order valence-corrected chi connectivity index (χ1v) is 21.3. The SMILES string of the molecule is C=O.CCCCCCCCCCC(=O)CCCCCCCN(C)CCCCCCCC.OC1CCCCCCCCCCCCCC1. The lowest BCUT2D eigenvalue weighted by atomic mass is 10.0. The number of ketones is 1. The van der Waals surface area contributed by atoms with Crippen molar-refractivity contribution in [2.45, 2.75) is 245 Å². The lowest BCUT2D eigenvalue weighted by Gasteiger charge is -2.16. The molecule has 0 radical (unpaired) electrons. The molecular formula is C43H87NO3. The molecule has 0 atom stereocenters. The highest BCUT2D eigenvalue weighted by atomic mass is 16.3. The van der Waals surface area contributed by atoms with Crippen molar-refractivity contribution < 1.29 is 14.7 Å². The Bertz CT molecular complexity index is 567. The van der Waals surface area contributed by atoms with E-state index in [2.05, 4.69) is 25.8 Å². The first kappa shape index (κ1) is 48.4. The lowest BCUT2D eigenvalue weighted by Crippen LogP contribution is -2.20. The van der Waals surface area contributed by atoms with Crippen molar-refractivity contribution in [3.8, 4) is 0 Å². The summed E-state index contributed by atoms with van der Waals surface area (Å²) < 4.78 is 0. The zero-order valence-corrected chi connectivity index (χ0v) is 32.7. The number of carbonyl (C=O) groups is 2. The number of aliphatic hydroxyl groups is 1. The van der Waals surface area contributed by atoms with Crippen molar-refractivity contribution in [2.75, 3.05) is 20.1 Å². The van der Waals surface area contributed by atoms with Gasteiger partial charge in [-0.1, -0.05) is 187 Å². The molecule has 0 heterocycles. The molecule has 1 rings (SSSR count). The Balaban J connectivity index is 0. The number of hydrogen-bond donors (Lipinski definition) is 1. The first-order valence-electron chi connectivity index (χ1n) is 21.3. The lowest BCUT2D eigenvalue weighted by molar-refractivity contribution is -0.119. The van der Waals surface area contributed by atoms with Gasteiger partial charge in [0.25, 0.3) is 0 Å². The Morgan fingerprint density at radius 2 is 0.766 bits per heavy atom. The Kier molecular flexibility index (Phi) is 44.5. The molecule has 0 spiro atoms. The van der Waals surface area contributed by atoms with Crippen LogP contribution in [0.5, 0.6) is 0 Å². The molecule has 0 aromatic heterocycles. The van der Waals surface area contributed by atoms with Gasteiger partial charge in [0.2, 0.25) is 0 Å². The van der Waals surface area contributed by atoms with E-state index in [1.165, 1.54) is 199 Å². The maximum Gasteiger partial charge on any atom is 0.132 e. The summed E-state index contributed by atoms with van der Waals surface area (Å²) in [7, 11) is 2.27. The molecule has 4 heteroatoms. The van der Waals surface area contributed by atoms with Gasteiger partial charge in [0, 0.05) is 12.8 Å². The molecule has 47 heavy (non-hydrogen) atoms. The predicted octanol–water partition coefficient (Wildman–Crippen LogP) is 13.4. The third-order valence-electron chi connectivity index (χ3n) is 10.0. The number of Topliss-reactive ketones (excluding diaryl/α,β-unsaturated/α-hetero) is 1. The van der Waals surface area contributed by atoms with Crippen LogP contribution in [0.15, 0.2) is 0 Å². The van der Waals surface area contributed by atoms with E-state index in [0.717, 1.165) is 38.5 Å². The van der Waals surface area contributed by atoms with Crippen LogP contribution in [0.4, 0.5) is 0 Å². The third-order valence-corrected chi connectivity index (χ3v) is 10.0. The molecule has 1 aliphatic rings. The summed E-state index contributed by atoms with van der Waals surface area (Å²) in [5, 5.41) is 9.77. The minimum atomic E-state index is -0.00914. The van der Waals surface area contributed by atoms with Crippen LogP contribution in [-0.4, -0.2) is 48.8 Å². The molecule has 1 saturated carbocycles. The van der Waals surface area contributed by atoms with Crippen LogP contribution < -0.4 is 0 Å². The summed E-state index contributed by atoms with van der Waals surface area (Å²) in [5.41, 5.74) is 0. The summed E-state index contributed by atoms with van der Waals surface area (Å²) in [6, 6.07) is 0. The number of rotatable bonds is 24. The summed E-state index contributed by atoms with van der Waals surface area (Å²) in [5.74, 6) is 0.509. The second-order valence-corrected chi connectivity index (χ2v) is 14.8. The second-order valence-electron chi connectivity index (χ2n) is 14.8. The average Bonchev–Trinajstić information content (AvgIpc) is 3.09. The van der Waals surface area contributed by atoms with Gasteiger partial charge >= 0.3 is 0 Å². The smallest absolute Gasteiger partial charge is 0.132 e. The Morgan fingerprint density at radius 3 is 1.11 bits per heavy atom. The van der Waals surface area contributed by atoms with E-state index in [0.29, 0.717) is 5.78 Å². The highest BCUT2D eigenvalue weighted by Gasteiger charge is 2.05. The standard InChI is InChI=1S/C27H55NO.C15H30O.CH2O/c1-4-6-8-10-12-13-15-19-23-27(29)24-20-16-14-18-22-26-28(3)25-21-17-11-9-7-5-2;16-15-13-11-9-7-5-3-1-2-4-6-8-10-12-14-15;1-2/h4-26H2,1-3H3;15-16H,1-14H2;1H2. The molecular weight excluding hydrogens is 578 g/mol. The van der Waals surface area contributed by atoms with Crippen LogP contribution in [0.3, 0.4) is 0 Å². The van der Waals surface area contributed by atoms with Crippen LogP contribution in [0.2, 0.25) is 0 Å². The van der Waals surface area contributed by atoms with Crippen molar-refractivity contribution >= 4 is 12.6 Å². The maximum atomic E-state index is 12.0. The fourth-order valence-corrected chi connectivity index (χ4v) is 6.76. The molecule has 0 aromatic rings. The number of aliphatic hydroxyl groups excluding tert-OH is 1. The summed E-state index contributed by atoms with van der Waals surface area (Å²) in [6.45, 7) is 9.05. The van der Waals surface area contributed by atoms with Crippen LogP contribution in [0.1, 0.15) is 239 Å². The number of hydrogen-bond acceptors (Lipinski definition) is 4. The number of unbranched alkanes of at least 4 members (excludes halogenated alkanes) is 16. The molecule has 0 aliphatic heterocycles. The average molecular weight is 666 g/mol. The van der Waals surface area contributed by atoms with E-state index in [9.17, 15) is 9.90 Å². The monoisotopic (exact) mass is 666 g/mol. The predicted molar refractivity (Wildman–Crippen MR) is 209 cm³/mol. The number of nitrogens with zero attached hydrogens (tertiary/aromatic N) is 1. The van der Waals surface area contributed by atoms with E-state index in [1.54, 1.807) is 0 Å². The normalized spacial score (nSPS) is 15.5. The zero-order valence-electron chi connectivity index (χ0n) is 32.7. The minimum absolute atomic E-state index is 0.00914. The second kappa shape index (κ2) is 43.3. The maximum absolute atomic E-state index is 12.0. The van der Waals surface area contributed by atoms with Crippen molar-refractivity contribution in [1.29, 1.82) is 0 Å². The first-order chi connectivity index (χ1) is 23.1. The van der Waals surface area contributed by atoms with Crippen LogP contribution >= 0.6 is 0 Å². The molecule has 0 aromatic carbocycles. The highest BCUT2D eigenvalue weighted by Crippen LogP contribution is 2.17. The molecule has 1 aliphatic carbocycles. The van der Waals surface area contributed by atoms with Crippen molar-refractivity contribution in [2.24, 2.45) is 0 Å². The van der Waals surface area contributed by atoms with Crippen LogP contribution in [0.25, 0.3) is 0 Å². The summed E-state index contributed by atoms with van der Waals surface area (Å²) >= 11 is 0.